The molecule has 0 radical (unpaired) electrons. The first-order valence-corrected chi connectivity index (χ1v) is 8.79. The van der Waals surface area contributed by atoms with Gasteiger partial charge in [0.05, 0.1) is 25.0 Å². The van der Waals surface area contributed by atoms with Crippen molar-refractivity contribution < 1.29 is 24.2 Å². The van der Waals surface area contributed by atoms with Gasteiger partial charge in [-0.1, -0.05) is 12.5 Å². The van der Waals surface area contributed by atoms with Gasteiger partial charge in [-0.2, -0.15) is 0 Å². The summed E-state index contributed by atoms with van der Waals surface area (Å²) >= 11 is 0. The molecule has 0 aliphatic carbocycles. The summed E-state index contributed by atoms with van der Waals surface area (Å²) in [5, 5.41) is 9.24. The molecule has 0 bridgehead atoms. The third-order valence-corrected chi connectivity index (χ3v) is 4.90. The molecule has 7 heteroatoms. The first kappa shape index (κ1) is 19.9. The van der Waals surface area contributed by atoms with Gasteiger partial charge in [-0.05, 0) is 32.3 Å². The molecule has 0 spiro atoms. The molecule has 0 aromatic carbocycles. The zero-order chi connectivity index (χ0) is 19.3. The highest BCUT2D eigenvalue weighted by Crippen LogP contribution is 2.42. The summed E-state index contributed by atoms with van der Waals surface area (Å²) in [6.45, 7) is 3.98. The fraction of sp³-hybridized carbons (Fsp3) is 0.579. The largest absolute Gasteiger partial charge is 0.481 e. The summed E-state index contributed by atoms with van der Waals surface area (Å²) < 4.78 is 5.02. The number of rotatable bonds is 10. The van der Waals surface area contributed by atoms with Crippen molar-refractivity contribution in [2.24, 2.45) is 5.41 Å². The SMILES string of the molecule is COc1ccc(C(CC(=O)O)N2CC(C)(CCCCC(C)=O)C2=O)cn1. The maximum atomic E-state index is 12.8. The quantitative estimate of drug-likeness (QED) is 0.508. The number of β-lactam (4-membered cyclic amide) rings is 1. The zero-order valence-electron chi connectivity index (χ0n) is 15.5. The van der Waals surface area contributed by atoms with Crippen LogP contribution >= 0.6 is 0 Å². The molecule has 1 aromatic rings. The normalized spacial score (nSPS) is 20.4. The maximum Gasteiger partial charge on any atom is 0.305 e. The van der Waals surface area contributed by atoms with Crippen LogP contribution in [-0.2, 0) is 14.4 Å². The van der Waals surface area contributed by atoms with E-state index in [9.17, 15) is 19.5 Å². The average Bonchev–Trinajstić information content (AvgIpc) is 2.61. The highest BCUT2D eigenvalue weighted by atomic mass is 16.5. The first-order chi connectivity index (χ1) is 12.3. The van der Waals surface area contributed by atoms with E-state index in [-0.39, 0.29) is 18.1 Å². The van der Waals surface area contributed by atoms with Gasteiger partial charge >= 0.3 is 5.97 Å². The number of ketones is 1. The predicted molar refractivity (Wildman–Crippen MR) is 94.8 cm³/mol. The second-order valence-electron chi connectivity index (χ2n) is 7.15. The number of unbranched alkanes of at least 4 members (excludes halogenated alkanes) is 1. The van der Waals surface area contributed by atoms with E-state index in [0.717, 1.165) is 12.8 Å². The summed E-state index contributed by atoms with van der Waals surface area (Å²) in [7, 11) is 1.51. The number of carboxylic acids is 1. The molecule has 1 N–H and O–H groups in total. The number of methoxy groups -OCH3 is 1. The van der Waals surface area contributed by atoms with Crippen LogP contribution in [0.5, 0.6) is 5.88 Å². The van der Waals surface area contributed by atoms with E-state index in [1.54, 1.807) is 30.2 Å². The molecule has 1 saturated heterocycles. The molecule has 142 valence electrons. The standard InChI is InChI=1S/C19H26N2O5/c1-13(22)6-4-5-9-19(2)12-21(18(19)25)15(10-17(23)24)14-7-8-16(26-3)20-11-14/h7-8,11,15H,4-6,9-10,12H2,1-3H3,(H,23,24). The number of ether oxygens (including phenoxy) is 1. The number of carbonyl (C=O) groups excluding carboxylic acids is 2. The second-order valence-corrected chi connectivity index (χ2v) is 7.15. The summed E-state index contributed by atoms with van der Waals surface area (Å²) in [5.74, 6) is -0.408. The van der Waals surface area contributed by atoms with Gasteiger partial charge in [-0.25, -0.2) is 4.98 Å². The van der Waals surface area contributed by atoms with Crippen LogP contribution in [0.3, 0.4) is 0 Å². The Kier molecular flexibility index (Phi) is 6.34. The van der Waals surface area contributed by atoms with Crippen molar-refractivity contribution >= 4 is 17.7 Å². The minimum absolute atomic E-state index is 0.0395. The number of hydrogen-bond donors (Lipinski definition) is 1. The van der Waals surface area contributed by atoms with Crippen molar-refractivity contribution in [3.8, 4) is 5.88 Å². The van der Waals surface area contributed by atoms with Crippen LogP contribution in [0.4, 0.5) is 0 Å². The van der Waals surface area contributed by atoms with Crippen LogP contribution in [0, 0.1) is 5.41 Å². The molecule has 7 nitrogen and oxygen atoms in total. The number of amides is 1. The van der Waals surface area contributed by atoms with Crippen LogP contribution in [-0.4, -0.2) is 46.3 Å². The van der Waals surface area contributed by atoms with Crippen molar-refractivity contribution in [2.45, 2.75) is 52.0 Å². The van der Waals surface area contributed by atoms with Gasteiger partial charge < -0.3 is 19.5 Å². The Balaban J connectivity index is 2.04. The highest BCUT2D eigenvalue weighted by Gasteiger charge is 2.50. The van der Waals surface area contributed by atoms with Crippen molar-refractivity contribution in [3.63, 3.8) is 0 Å². The Hall–Kier alpha value is -2.44. The van der Waals surface area contributed by atoms with Crippen molar-refractivity contribution in [1.82, 2.24) is 9.88 Å². The lowest BCUT2D eigenvalue weighted by Crippen LogP contribution is -2.61. The lowest BCUT2D eigenvalue weighted by atomic mass is 9.74. The summed E-state index contributed by atoms with van der Waals surface area (Å²) in [4.78, 5) is 40.8. The Labute approximate surface area is 153 Å². The van der Waals surface area contributed by atoms with E-state index in [1.807, 2.05) is 6.92 Å². The smallest absolute Gasteiger partial charge is 0.305 e. The molecular weight excluding hydrogens is 336 g/mol. The topological polar surface area (TPSA) is 96.8 Å². The molecule has 1 aromatic heterocycles. The molecule has 2 rings (SSSR count). The number of aliphatic carboxylic acids is 1. The van der Waals surface area contributed by atoms with E-state index in [1.165, 1.54) is 7.11 Å². The van der Waals surface area contributed by atoms with Gasteiger partial charge in [0.15, 0.2) is 0 Å². The van der Waals surface area contributed by atoms with Crippen LogP contribution in [0.15, 0.2) is 18.3 Å². The van der Waals surface area contributed by atoms with E-state index in [0.29, 0.717) is 30.8 Å². The number of nitrogens with zero attached hydrogens (tertiary/aromatic N) is 2. The number of likely N-dealkylation sites (tertiary alicyclic amines) is 1. The number of hydrogen-bond acceptors (Lipinski definition) is 5. The van der Waals surface area contributed by atoms with Gasteiger partial charge in [0.2, 0.25) is 11.8 Å². The Morgan fingerprint density at radius 3 is 2.62 bits per heavy atom. The van der Waals surface area contributed by atoms with E-state index < -0.39 is 17.4 Å². The van der Waals surface area contributed by atoms with Gasteiger partial charge in [0, 0.05) is 25.2 Å². The third-order valence-electron chi connectivity index (χ3n) is 4.90. The number of carbonyl (C=O) groups is 3. The van der Waals surface area contributed by atoms with Crippen molar-refractivity contribution in [1.29, 1.82) is 0 Å². The second kappa shape index (κ2) is 8.29. The van der Waals surface area contributed by atoms with Crippen LogP contribution < -0.4 is 4.74 Å². The van der Waals surface area contributed by atoms with Crippen LogP contribution in [0.25, 0.3) is 0 Å². The van der Waals surface area contributed by atoms with Crippen molar-refractivity contribution in [2.75, 3.05) is 13.7 Å². The summed E-state index contributed by atoms with van der Waals surface area (Å²) in [5.41, 5.74) is 0.202. The molecule has 1 fully saturated rings. The number of carboxylic acid groups (broad SMARTS) is 1. The molecular formula is C19H26N2O5. The number of pyridine rings is 1. The number of Topliss-reactive ketones (excluding diaryl/α,β-unsaturated/α-hetero) is 1. The Morgan fingerprint density at radius 2 is 2.12 bits per heavy atom. The van der Waals surface area contributed by atoms with Gasteiger partial charge in [-0.3, -0.25) is 9.59 Å². The summed E-state index contributed by atoms with van der Waals surface area (Å²) in [6, 6.07) is 2.87. The molecule has 26 heavy (non-hydrogen) atoms. The van der Waals surface area contributed by atoms with Crippen LogP contribution in [0.2, 0.25) is 0 Å². The van der Waals surface area contributed by atoms with E-state index in [4.69, 9.17) is 4.74 Å². The van der Waals surface area contributed by atoms with Gasteiger partial charge in [0.25, 0.3) is 0 Å². The molecule has 0 saturated carbocycles. The molecule has 2 unspecified atom stereocenters. The lowest BCUT2D eigenvalue weighted by molar-refractivity contribution is -0.165. The van der Waals surface area contributed by atoms with Gasteiger partial charge in [-0.15, -0.1) is 0 Å². The van der Waals surface area contributed by atoms with E-state index in [2.05, 4.69) is 4.98 Å². The number of aromatic nitrogens is 1. The first-order valence-electron chi connectivity index (χ1n) is 8.79. The average molecular weight is 362 g/mol. The molecule has 2 heterocycles. The molecule has 1 aliphatic heterocycles. The fourth-order valence-corrected chi connectivity index (χ4v) is 3.38. The monoisotopic (exact) mass is 362 g/mol. The predicted octanol–water partition coefficient (Wildman–Crippen LogP) is 2.60. The fourth-order valence-electron chi connectivity index (χ4n) is 3.38. The maximum absolute atomic E-state index is 12.8. The zero-order valence-corrected chi connectivity index (χ0v) is 15.5. The molecule has 1 aliphatic rings. The summed E-state index contributed by atoms with van der Waals surface area (Å²) in [6.07, 6.45) is 4.22. The molecule has 1 amide bonds. The Morgan fingerprint density at radius 1 is 1.38 bits per heavy atom. The third kappa shape index (κ3) is 4.59. The molecule has 2 atom stereocenters. The Bertz CT molecular complexity index is 673. The van der Waals surface area contributed by atoms with E-state index >= 15 is 0 Å². The minimum atomic E-state index is -0.964. The van der Waals surface area contributed by atoms with Crippen molar-refractivity contribution in [3.05, 3.63) is 23.9 Å². The minimum Gasteiger partial charge on any atom is -0.481 e. The highest BCUT2D eigenvalue weighted by molar-refractivity contribution is 5.89. The lowest BCUT2D eigenvalue weighted by Gasteiger charge is -2.50. The van der Waals surface area contributed by atoms with Crippen LogP contribution in [0.1, 0.15) is 57.6 Å². The van der Waals surface area contributed by atoms with Gasteiger partial charge in [0.1, 0.15) is 5.78 Å².